The lowest BCUT2D eigenvalue weighted by Crippen LogP contribution is -2.29. The molecule has 0 heterocycles. The summed E-state index contributed by atoms with van der Waals surface area (Å²) >= 11 is 0. The van der Waals surface area contributed by atoms with Gasteiger partial charge in [-0.3, -0.25) is 9.59 Å². The molecule has 2 aliphatic carbocycles. The molecular formula is C10H15NO3. The lowest BCUT2D eigenvalue weighted by molar-refractivity contribution is -0.140. The lowest BCUT2D eigenvalue weighted by Gasteiger charge is -2.03. The van der Waals surface area contributed by atoms with Crippen molar-refractivity contribution in [3.8, 4) is 0 Å². The van der Waals surface area contributed by atoms with Crippen LogP contribution in [-0.4, -0.2) is 23.0 Å². The number of hydrogen-bond acceptors (Lipinski definition) is 2. The fourth-order valence-corrected chi connectivity index (χ4v) is 2.11. The summed E-state index contributed by atoms with van der Waals surface area (Å²) in [7, 11) is 0. The summed E-state index contributed by atoms with van der Waals surface area (Å²) in [6, 6.07) is 0.313. The summed E-state index contributed by atoms with van der Waals surface area (Å²) in [5, 5.41) is 11.7. The monoisotopic (exact) mass is 197 g/mol. The minimum absolute atomic E-state index is 0.0788. The number of nitrogens with one attached hydrogen (secondary N) is 1. The molecule has 2 aliphatic rings. The van der Waals surface area contributed by atoms with Crippen molar-refractivity contribution >= 4 is 11.9 Å². The van der Waals surface area contributed by atoms with Crippen LogP contribution in [-0.2, 0) is 9.59 Å². The van der Waals surface area contributed by atoms with Gasteiger partial charge >= 0.3 is 5.97 Å². The zero-order chi connectivity index (χ0) is 10.5. The highest BCUT2D eigenvalue weighted by Gasteiger charge is 2.66. The molecule has 4 heteroatoms. The zero-order valence-electron chi connectivity index (χ0n) is 8.41. The number of carboxylic acids is 1. The molecule has 14 heavy (non-hydrogen) atoms. The van der Waals surface area contributed by atoms with Crippen LogP contribution in [0, 0.1) is 17.3 Å². The summed E-state index contributed by atoms with van der Waals surface area (Å²) in [5.74, 6) is -1.77. The first-order valence-electron chi connectivity index (χ1n) is 4.98. The van der Waals surface area contributed by atoms with Crippen molar-refractivity contribution in [2.45, 2.75) is 32.7 Å². The summed E-state index contributed by atoms with van der Waals surface area (Å²) in [5.41, 5.74) is -0.370. The molecule has 2 fully saturated rings. The number of rotatable bonds is 3. The van der Waals surface area contributed by atoms with Crippen LogP contribution in [0.5, 0.6) is 0 Å². The molecule has 0 bridgehead atoms. The predicted molar refractivity (Wildman–Crippen MR) is 49.6 cm³/mol. The molecule has 2 atom stereocenters. The van der Waals surface area contributed by atoms with Gasteiger partial charge in [-0.05, 0) is 18.3 Å². The molecule has 4 nitrogen and oxygen atoms in total. The third kappa shape index (κ3) is 1.38. The summed E-state index contributed by atoms with van der Waals surface area (Å²) < 4.78 is 0. The van der Waals surface area contributed by atoms with Crippen LogP contribution < -0.4 is 5.32 Å². The van der Waals surface area contributed by atoms with Gasteiger partial charge < -0.3 is 10.4 Å². The van der Waals surface area contributed by atoms with Crippen LogP contribution in [0.15, 0.2) is 0 Å². The van der Waals surface area contributed by atoms with E-state index in [1.807, 2.05) is 13.8 Å². The Labute approximate surface area is 82.7 Å². The molecule has 0 spiro atoms. The van der Waals surface area contributed by atoms with E-state index in [1.165, 1.54) is 0 Å². The maximum atomic E-state index is 11.6. The van der Waals surface area contributed by atoms with Crippen molar-refractivity contribution < 1.29 is 14.7 Å². The van der Waals surface area contributed by atoms with Gasteiger partial charge in [-0.1, -0.05) is 13.8 Å². The molecule has 0 aromatic heterocycles. The third-order valence-corrected chi connectivity index (χ3v) is 3.30. The second-order valence-electron chi connectivity index (χ2n) is 4.90. The second-order valence-corrected chi connectivity index (χ2v) is 4.90. The summed E-state index contributed by atoms with van der Waals surface area (Å²) in [4.78, 5) is 22.4. The maximum Gasteiger partial charge on any atom is 0.307 e. The van der Waals surface area contributed by atoms with Crippen LogP contribution in [0.25, 0.3) is 0 Å². The normalized spacial score (nSPS) is 33.6. The average molecular weight is 197 g/mol. The Morgan fingerprint density at radius 1 is 1.29 bits per heavy atom. The minimum atomic E-state index is -0.856. The van der Waals surface area contributed by atoms with Gasteiger partial charge in [0, 0.05) is 6.04 Å². The van der Waals surface area contributed by atoms with E-state index in [0.29, 0.717) is 6.04 Å². The Kier molecular flexibility index (Phi) is 1.84. The smallest absolute Gasteiger partial charge is 0.307 e. The van der Waals surface area contributed by atoms with Crippen molar-refractivity contribution in [2.24, 2.45) is 17.3 Å². The number of aliphatic carboxylic acids is 1. The molecular weight excluding hydrogens is 182 g/mol. The number of amides is 1. The Balaban J connectivity index is 1.98. The minimum Gasteiger partial charge on any atom is -0.481 e. The van der Waals surface area contributed by atoms with Gasteiger partial charge in [0.05, 0.1) is 11.8 Å². The molecule has 0 unspecified atom stereocenters. The lowest BCUT2D eigenvalue weighted by atomic mass is 10.1. The van der Waals surface area contributed by atoms with Crippen molar-refractivity contribution in [3.63, 3.8) is 0 Å². The largest absolute Gasteiger partial charge is 0.481 e. The van der Waals surface area contributed by atoms with E-state index in [1.54, 1.807) is 0 Å². The Hall–Kier alpha value is -1.06. The van der Waals surface area contributed by atoms with Crippen LogP contribution in [0.2, 0.25) is 0 Å². The number of hydrogen-bond donors (Lipinski definition) is 2. The van der Waals surface area contributed by atoms with Gasteiger partial charge in [0.2, 0.25) is 5.91 Å². The molecule has 0 radical (unpaired) electrons. The summed E-state index contributed by atoms with van der Waals surface area (Å²) in [6.45, 7) is 3.67. The van der Waals surface area contributed by atoms with E-state index < -0.39 is 11.9 Å². The van der Waals surface area contributed by atoms with Gasteiger partial charge in [0.1, 0.15) is 0 Å². The quantitative estimate of drug-likeness (QED) is 0.697. The topological polar surface area (TPSA) is 66.4 Å². The Bertz CT molecular complexity index is 294. The van der Waals surface area contributed by atoms with Crippen molar-refractivity contribution in [1.29, 1.82) is 0 Å². The van der Waals surface area contributed by atoms with Crippen molar-refractivity contribution in [2.75, 3.05) is 0 Å². The van der Waals surface area contributed by atoms with Crippen molar-refractivity contribution in [3.05, 3.63) is 0 Å². The van der Waals surface area contributed by atoms with E-state index in [2.05, 4.69) is 5.32 Å². The number of carbonyl (C=O) groups excluding carboxylic acids is 1. The first-order valence-corrected chi connectivity index (χ1v) is 4.98. The van der Waals surface area contributed by atoms with Gasteiger partial charge in [0.25, 0.3) is 0 Å². The highest BCUT2D eigenvalue weighted by atomic mass is 16.4. The van der Waals surface area contributed by atoms with E-state index in [4.69, 9.17) is 5.11 Å². The standard InChI is InChI=1S/C10H15NO3/c1-10(2)6(7(10)9(13)14)8(12)11-5-3-4-5/h5-7H,3-4H2,1-2H3,(H,11,12)(H,13,14)/t6-,7+/m0/s1. The Morgan fingerprint density at radius 2 is 1.86 bits per heavy atom. The average Bonchev–Trinajstić information content (AvgIpc) is 2.87. The van der Waals surface area contributed by atoms with Gasteiger partial charge in [-0.25, -0.2) is 0 Å². The van der Waals surface area contributed by atoms with E-state index in [-0.39, 0.29) is 17.2 Å². The highest BCUT2D eigenvalue weighted by molar-refractivity contribution is 5.91. The third-order valence-electron chi connectivity index (χ3n) is 3.30. The molecule has 0 aromatic carbocycles. The molecule has 2 rings (SSSR count). The van der Waals surface area contributed by atoms with E-state index in [0.717, 1.165) is 12.8 Å². The fourth-order valence-electron chi connectivity index (χ4n) is 2.11. The highest BCUT2D eigenvalue weighted by Crippen LogP contribution is 2.58. The van der Waals surface area contributed by atoms with Gasteiger partial charge in [-0.2, -0.15) is 0 Å². The molecule has 0 saturated heterocycles. The first kappa shape index (κ1) is 9.49. The fraction of sp³-hybridized carbons (Fsp3) is 0.800. The van der Waals surface area contributed by atoms with Crippen LogP contribution in [0.1, 0.15) is 26.7 Å². The number of carboxylic acid groups (broad SMARTS) is 1. The van der Waals surface area contributed by atoms with Crippen LogP contribution in [0.4, 0.5) is 0 Å². The molecule has 0 aromatic rings. The van der Waals surface area contributed by atoms with E-state index >= 15 is 0 Å². The molecule has 0 aliphatic heterocycles. The van der Waals surface area contributed by atoms with Crippen LogP contribution >= 0.6 is 0 Å². The molecule has 2 N–H and O–H groups in total. The zero-order valence-corrected chi connectivity index (χ0v) is 8.41. The molecule has 2 saturated carbocycles. The second kappa shape index (κ2) is 2.72. The maximum absolute atomic E-state index is 11.6. The van der Waals surface area contributed by atoms with Gasteiger partial charge in [-0.15, -0.1) is 0 Å². The SMILES string of the molecule is CC1(C)[C@H](C(=O)NC2CC2)[C@@H]1C(=O)O. The van der Waals surface area contributed by atoms with Crippen LogP contribution in [0.3, 0.4) is 0 Å². The van der Waals surface area contributed by atoms with E-state index in [9.17, 15) is 9.59 Å². The van der Waals surface area contributed by atoms with Gasteiger partial charge in [0.15, 0.2) is 0 Å². The predicted octanol–water partition coefficient (Wildman–Crippen LogP) is 0.622. The molecule has 78 valence electrons. The summed E-state index contributed by atoms with van der Waals surface area (Å²) in [6.07, 6.45) is 2.08. The Morgan fingerprint density at radius 3 is 2.21 bits per heavy atom. The molecule has 1 amide bonds. The first-order chi connectivity index (χ1) is 6.44. The number of carbonyl (C=O) groups is 2. The van der Waals surface area contributed by atoms with Crippen molar-refractivity contribution in [1.82, 2.24) is 5.32 Å².